The first-order valence-corrected chi connectivity index (χ1v) is 8.26. The van der Waals surface area contributed by atoms with Gasteiger partial charge < -0.3 is 14.4 Å². The van der Waals surface area contributed by atoms with Crippen molar-refractivity contribution in [2.75, 3.05) is 26.8 Å². The summed E-state index contributed by atoms with van der Waals surface area (Å²) in [6.07, 6.45) is 5.80. The molecule has 6 heteroatoms. The number of hydrogen-bond donors (Lipinski definition) is 0. The molecule has 1 saturated heterocycles. The summed E-state index contributed by atoms with van der Waals surface area (Å²) in [5.41, 5.74) is 0. The van der Waals surface area contributed by atoms with Crippen LogP contribution in [-0.2, 0) is 11.3 Å². The van der Waals surface area contributed by atoms with Crippen molar-refractivity contribution >= 4 is 5.91 Å². The molecule has 3 rings (SSSR count). The van der Waals surface area contributed by atoms with Crippen LogP contribution in [0.1, 0.15) is 12.8 Å². The molecule has 1 amide bonds. The van der Waals surface area contributed by atoms with Gasteiger partial charge in [0.25, 0.3) is 5.91 Å². The van der Waals surface area contributed by atoms with Crippen molar-refractivity contribution in [2.24, 2.45) is 5.92 Å². The van der Waals surface area contributed by atoms with Crippen molar-refractivity contribution < 1.29 is 14.3 Å². The highest BCUT2D eigenvalue weighted by Crippen LogP contribution is 2.20. The smallest absolute Gasteiger partial charge is 0.260 e. The maximum atomic E-state index is 12.3. The molecule has 2 aromatic rings. The first-order chi connectivity index (χ1) is 11.7. The number of carbonyl (C=O) groups excluding carboxylic acids is 1. The largest absolute Gasteiger partial charge is 0.497 e. The highest BCUT2D eigenvalue weighted by Gasteiger charge is 2.23. The lowest BCUT2D eigenvalue weighted by molar-refractivity contribution is -0.134. The van der Waals surface area contributed by atoms with Crippen molar-refractivity contribution in [1.82, 2.24) is 14.7 Å². The third-order valence-electron chi connectivity index (χ3n) is 4.39. The van der Waals surface area contributed by atoms with E-state index in [-0.39, 0.29) is 12.5 Å². The summed E-state index contributed by atoms with van der Waals surface area (Å²) in [6, 6.07) is 9.20. The number of aromatic nitrogens is 2. The van der Waals surface area contributed by atoms with Gasteiger partial charge in [0.15, 0.2) is 6.61 Å². The van der Waals surface area contributed by atoms with Gasteiger partial charge in [-0.1, -0.05) is 0 Å². The molecule has 2 heterocycles. The average molecular weight is 329 g/mol. The van der Waals surface area contributed by atoms with Crippen molar-refractivity contribution in [3.8, 4) is 11.5 Å². The molecule has 0 saturated carbocycles. The number of nitrogens with zero attached hydrogens (tertiary/aromatic N) is 3. The molecule has 1 aromatic heterocycles. The maximum Gasteiger partial charge on any atom is 0.260 e. The topological polar surface area (TPSA) is 56.6 Å². The first kappa shape index (κ1) is 16.4. The van der Waals surface area contributed by atoms with E-state index in [4.69, 9.17) is 9.47 Å². The van der Waals surface area contributed by atoms with Crippen molar-refractivity contribution in [2.45, 2.75) is 19.4 Å². The number of hydrogen-bond acceptors (Lipinski definition) is 4. The van der Waals surface area contributed by atoms with Crippen molar-refractivity contribution in [3.05, 3.63) is 42.7 Å². The molecule has 1 aromatic carbocycles. The molecule has 1 aliphatic heterocycles. The van der Waals surface area contributed by atoms with Crippen molar-refractivity contribution in [1.29, 1.82) is 0 Å². The molecule has 0 spiro atoms. The second-order valence-electron chi connectivity index (χ2n) is 6.02. The Bertz CT molecular complexity index is 632. The molecule has 0 unspecified atom stereocenters. The van der Waals surface area contributed by atoms with E-state index in [1.807, 2.05) is 46.1 Å². The van der Waals surface area contributed by atoms with Gasteiger partial charge in [-0.15, -0.1) is 0 Å². The summed E-state index contributed by atoms with van der Waals surface area (Å²) in [7, 11) is 1.62. The van der Waals surface area contributed by atoms with Gasteiger partial charge in [-0.25, -0.2) is 0 Å². The number of amides is 1. The number of benzene rings is 1. The van der Waals surface area contributed by atoms with E-state index in [1.165, 1.54) is 0 Å². The fourth-order valence-electron chi connectivity index (χ4n) is 2.95. The lowest BCUT2D eigenvalue weighted by Crippen LogP contribution is -2.41. The number of carbonyl (C=O) groups is 1. The number of rotatable bonds is 6. The SMILES string of the molecule is COc1ccc(OCC(=O)N2CCC(Cn3cccn3)CC2)cc1. The normalized spacial score (nSPS) is 15.3. The van der Waals surface area contributed by atoms with Crippen molar-refractivity contribution in [3.63, 3.8) is 0 Å². The van der Waals surface area contributed by atoms with Crippen LogP contribution in [-0.4, -0.2) is 47.4 Å². The number of piperidine rings is 1. The van der Waals surface area contributed by atoms with Gasteiger partial charge in [-0.3, -0.25) is 9.48 Å². The van der Waals surface area contributed by atoms with Crippen LogP contribution >= 0.6 is 0 Å². The lowest BCUT2D eigenvalue weighted by atomic mass is 9.97. The Morgan fingerprint density at radius 2 is 1.92 bits per heavy atom. The summed E-state index contributed by atoms with van der Waals surface area (Å²) < 4.78 is 12.6. The van der Waals surface area contributed by atoms with Crippen LogP contribution in [0.25, 0.3) is 0 Å². The van der Waals surface area contributed by atoms with Crippen LogP contribution in [0, 0.1) is 5.92 Å². The second-order valence-corrected chi connectivity index (χ2v) is 6.02. The molecule has 0 N–H and O–H groups in total. The van der Waals surface area contributed by atoms with Crippen LogP contribution in [0.5, 0.6) is 11.5 Å². The number of ether oxygens (including phenoxy) is 2. The fourth-order valence-corrected chi connectivity index (χ4v) is 2.95. The second kappa shape index (κ2) is 7.86. The minimum Gasteiger partial charge on any atom is -0.497 e. The summed E-state index contributed by atoms with van der Waals surface area (Å²) in [4.78, 5) is 14.2. The summed E-state index contributed by atoms with van der Waals surface area (Å²) in [5, 5.41) is 4.25. The number of methoxy groups -OCH3 is 1. The third-order valence-corrected chi connectivity index (χ3v) is 4.39. The van der Waals surface area contributed by atoms with Crippen LogP contribution in [0.3, 0.4) is 0 Å². The number of likely N-dealkylation sites (tertiary alicyclic amines) is 1. The molecule has 0 atom stereocenters. The monoisotopic (exact) mass is 329 g/mol. The molecule has 0 radical (unpaired) electrons. The predicted octanol–water partition coefficient (Wildman–Crippen LogP) is 2.21. The molecule has 128 valence electrons. The van der Waals surface area contributed by atoms with Gasteiger partial charge in [0.05, 0.1) is 7.11 Å². The van der Waals surface area contributed by atoms with E-state index >= 15 is 0 Å². The minimum absolute atomic E-state index is 0.0448. The Kier molecular flexibility index (Phi) is 5.36. The van der Waals surface area contributed by atoms with Gasteiger partial charge in [-0.05, 0) is 49.1 Å². The first-order valence-electron chi connectivity index (χ1n) is 8.26. The van der Waals surface area contributed by atoms with Gasteiger partial charge in [0.2, 0.25) is 0 Å². The van der Waals surface area contributed by atoms with Crippen LogP contribution in [0.4, 0.5) is 0 Å². The molecule has 0 aliphatic carbocycles. The van der Waals surface area contributed by atoms with E-state index < -0.39 is 0 Å². The highest BCUT2D eigenvalue weighted by atomic mass is 16.5. The summed E-state index contributed by atoms with van der Waals surface area (Å²) in [5.74, 6) is 2.07. The van der Waals surface area contributed by atoms with Crippen LogP contribution < -0.4 is 9.47 Å². The Morgan fingerprint density at radius 3 is 2.54 bits per heavy atom. The van der Waals surface area contributed by atoms with Crippen LogP contribution in [0.2, 0.25) is 0 Å². The molecule has 1 aliphatic rings. The van der Waals surface area contributed by atoms with Gasteiger partial charge in [0.1, 0.15) is 11.5 Å². The maximum absolute atomic E-state index is 12.3. The van der Waals surface area contributed by atoms with E-state index in [9.17, 15) is 4.79 Å². The lowest BCUT2D eigenvalue weighted by Gasteiger charge is -2.31. The highest BCUT2D eigenvalue weighted by molar-refractivity contribution is 5.77. The zero-order chi connectivity index (χ0) is 16.8. The molecule has 0 bridgehead atoms. The van der Waals surface area contributed by atoms with Crippen LogP contribution in [0.15, 0.2) is 42.7 Å². The standard InChI is InChI=1S/C18H23N3O3/c1-23-16-3-5-17(6-4-16)24-14-18(22)20-11-7-15(8-12-20)13-21-10-2-9-19-21/h2-6,9-10,15H,7-8,11-14H2,1H3. The Hall–Kier alpha value is -2.50. The third kappa shape index (κ3) is 4.28. The molecular weight excluding hydrogens is 306 g/mol. The van der Waals surface area contributed by atoms with E-state index in [1.54, 1.807) is 13.3 Å². The molecular formula is C18H23N3O3. The Balaban J connectivity index is 1.41. The zero-order valence-corrected chi connectivity index (χ0v) is 13.9. The predicted molar refractivity (Wildman–Crippen MR) is 90.0 cm³/mol. The molecule has 24 heavy (non-hydrogen) atoms. The molecule has 1 fully saturated rings. The Morgan fingerprint density at radius 1 is 1.21 bits per heavy atom. The van der Waals surface area contributed by atoms with E-state index in [0.717, 1.165) is 38.2 Å². The minimum atomic E-state index is 0.0448. The van der Waals surface area contributed by atoms with E-state index in [2.05, 4.69) is 5.10 Å². The zero-order valence-electron chi connectivity index (χ0n) is 13.9. The van der Waals surface area contributed by atoms with Gasteiger partial charge in [-0.2, -0.15) is 5.10 Å². The summed E-state index contributed by atoms with van der Waals surface area (Å²) in [6.45, 7) is 2.58. The van der Waals surface area contributed by atoms with E-state index in [0.29, 0.717) is 11.7 Å². The summed E-state index contributed by atoms with van der Waals surface area (Å²) >= 11 is 0. The fraction of sp³-hybridized carbons (Fsp3) is 0.444. The van der Waals surface area contributed by atoms with Gasteiger partial charge in [0, 0.05) is 32.0 Å². The molecule has 6 nitrogen and oxygen atoms in total. The Labute approximate surface area is 142 Å². The average Bonchev–Trinajstić information content (AvgIpc) is 3.14. The van der Waals surface area contributed by atoms with Gasteiger partial charge >= 0.3 is 0 Å². The quantitative estimate of drug-likeness (QED) is 0.815.